The third-order valence-electron chi connectivity index (χ3n) is 2.96. The average molecular weight is 402 g/mol. The molecule has 0 aromatic carbocycles. The van der Waals surface area contributed by atoms with Gasteiger partial charge in [-0.3, -0.25) is 0 Å². The van der Waals surface area contributed by atoms with Gasteiger partial charge in [-0.05, 0) is 13.8 Å². The molecule has 0 saturated carbocycles. The van der Waals surface area contributed by atoms with E-state index < -0.39 is 5.82 Å². The highest BCUT2D eigenvalue weighted by Crippen LogP contribution is 2.23. The highest BCUT2D eigenvalue weighted by molar-refractivity contribution is 14.1. The number of ether oxygens (including phenoxy) is 1. The predicted octanol–water partition coefficient (Wildman–Crippen LogP) is 2.29. The molecular formula is C12H12FIN6O. The van der Waals surface area contributed by atoms with E-state index in [0.29, 0.717) is 16.0 Å². The summed E-state index contributed by atoms with van der Waals surface area (Å²) >= 11 is 1.93. The van der Waals surface area contributed by atoms with E-state index in [9.17, 15) is 4.39 Å². The lowest BCUT2D eigenvalue weighted by Gasteiger charge is -2.11. The molecule has 0 radical (unpaired) electrons. The molecule has 9 heteroatoms. The molecule has 3 aromatic rings. The normalized spacial score (nSPS) is 13.0. The lowest BCUT2D eigenvalue weighted by Crippen LogP contribution is -2.09. The van der Waals surface area contributed by atoms with E-state index in [-0.39, 0.29) is 17.6 Å². The minimum atomic E-state index is -0.517. The van der Waals surface area contributed by atoms with Gasteiger partial charge in [-0.15, -0.1) is 5.10 Å². The number of hydrogen-bond acceptors (Lipinski definition) is 5. The Hall–Kier alpha value is -1.62. The number of nitrogens with zero attached hydrogens (tertiary/aromatic N) is 6. The van der Waals surface area contributed by atoms with E-state index in [4.69, 9.17) is 4.74 Å². The van der Waals surface area contributed by atoms with Gasteiger partial charge in [0.1, 0.15) is 18.2 Å². The molecule has 0 N–H and O–H groups in total. The molecule has 110 valence electrons. The second-order valence-corrected chi connectivity index (χ2v) is 5.28. The van der Waals surface area contributed by atoms with Crippen LogP contribution in [0.4, 0.5) is 4.39 Å². The van der Waals surface area contributed by atoms with Crippen molar-refractivity contribution in [1.82, 2.24) is 29.4 Å². The Morgan fingerprint density at radius 3 is 3.05 bits per heavy atom. The highest BCUT2D eigenvalue weighted by atomic mass is 127. The topological polar surface area (TPSA) is 70.1 Å². The third kappa shape index (κ3) is 2.62. The molecule has 0 aliphatic carbocycles. The number of rotatable bonds is 4. The van der Waals surface area contributed by atoms with E-state index in [2.05, 4.69) is 20.2 Å². The van der Waals surface area contributed by atoms with E-state index in [1.807, 2.05) is 36.4 Å². The van der Waals surface area contributed by atoms with Crippen molar-refractivity contribution >= 4 is 28.2 Å². The maximum atomic E-state index is 14.5. The van der Waals surface area contributed by atoms with Gasteiger partial charge in [0.2, 0.25) is 3.83 Å². The number of aromatic nitrogens is 6. The maximum Gasteiger partial charge on any atom is 0.212 e. The molecule has 3 rings (SSSR count). The molecule has 3 heterocycles. The zero-order valence-electron chi connectivity index (χ0n) is 11.4. The van der Waals surface area contributed by atoms with Crippen LogP contribution >= 0.6 is 22.6 Å². The Kier molecular flexibility index (Phi) is 3.85. The van der Waals surface area contributed by atoms with Crippen molar-refractivity contribution in [1.29, 1.82) is 0 Å². The predicted molar refractivity (Wildman–Crippen MR) is 81.0 cm³/mol. The molecule has 1 unspecified atom stereocenters. The minimum absolute atomic E-state index is 0.148. The van der Waals surface area contributed by atoms with Gasteiger partial charge in [-0.2, -0.15) is 14.6 Å². The number of halogens is 2. The Morgan fingerprint density at radius 2 is 2.29 bits per heavy atom. The third-order valence-corrected chi connectivity index (χ3v) is 3.42. The zero-order valence-corrected chi connectivity index (χ0v) is 13.5. The quantitative estimate of drug-likeness (QED) is 0.627. The van der Waals surface area contributed by atoms with Crippen LogP contribution in [0.15, 0.2) is 18.7 Å². The summed E-state index contributed by atoms with van der Waals surface area (Å²) in [6, 6.07) is 0. The molecule has 0 fully saturated rings. The standard InChI is InChI=1S/C12H12FIN6O/c1-3-21-7(2)19-5-8(4-16-19)10-9(13)11-17-12(14)18-20(11)6-15-10/h4-7H,3H2,1-2H3. The van der Waals surface area contributed by atoms with E-state index >= 15 is 0 Å². The minimum Gasteiger partial charge on any atom is -0.357 e. The second kappa shape index (κ2) is 5.64. The lowest BCUT2D eigenvalue weighted by atomic mass is 10.2. The molecule has 0 bridgehead atoms. The van der Waals surface area contributed by atoms with Crippen molar-refractivity contribution in [2.45, 2.75) is 20.1 Å². The first-order valence-corrected chi connectivity index (χ1v) is 7.40. The molecule has 0 amide bonds. The van der Waals surface area contributed by atoms with Gasteiger partial charge in [0, 0.05) is 41.0 Å². The van der Waals surface area contributed by atoms with Crippen molar-refractivity contribution in [3.63, 3.8) is 0 Å². The summed E-state index contributed by atoms with van der Waals surface area (Å²) in [6.07, 6.45) is 4.47. The molecule has 0 saturated heterocycles. The fourth-order valence-electron chi connectivity index (χ4n) is 1.98. The Balaban J connectivity index is 2.02. The fraction of sp³-hybridized carbons (Fsp3) is 0.333. The number of hydrogen-bond donors (Lipinski definition) is 0. The number of fused-ring (bicyclic) bond motifs is 1. The van der Waals surface area contributed by atoms with Crippen LogP contribution < -0.4 is 0 Å². The van der Waals surface area contributed by atoms with E-state index in [1.54, 1.807) is 17.1 Å². The molecule has 3 aromatic heterocycles. The van der Waals surface area contributed by atoms with Crippen LogP contribution in [0, 0.1) is 9.65 Å². The van der Waals surface area contributed by atoms with Crippen molar-refractivity contribution < 1.29 is 9.13 Å². The summed E-state index contributed by atoms with van der Waals surface area (Å²) in [7, 11) is 0. The van der Waals surface area contributed by atoms with Gasteiger partial charge in [-0.25, -0.2) is 14.1 Å². The lowest BCUT2D eigenvalue weighted by molar-refractivity contribution is 0.0160. The monoisotopic (exact) mass is 402 g/mol. The van der Waals surface area contributed by atoms with Crippen molar-refractivity contribution in [2.24, 2.45) is 0 Å². The zero-order chi connectivity index (χ0) is 15.0. The van der Waals surface area contributed by atoms with E-state index in [0.717, 1.165) is 0 Å². The molecule has 7 nitrogen and oxygen atoms in total. The Bertz CT molecular complexity index is 785. The Labute approximate surface area is 133 Å². The van der Waals surface area contributed by atoms with Crippen molar-refractivity contribution in [3.05, 3.63) is 28.4 Å². The Morgan fingerprint density at radius 1 is 1.48 bits per heavy atom. The van der Waals surface area contributed by atoms with Crippen LogP contribution in [0.3, 0.4) is 0 Å². The van der Waals surface area contributed by atoms with Crippen LogP contribution in [-0.2, 0) is 4.74 Å². The van der Waals surface area contributed by atoms with E-state index in [1.165, 1.54) is 10.8 Å². The van der Waals surface area contributed by atoms with Gasteiger partial charge in [0.25, 0.3) is 0 Å². The summed E-state index contributed by atoms with van der Waals surface area (Å²) in [5.74, 6) is -0.517. The van der Waals surface area contributed by atoms with Gasteiger partial charge in [0.15, 0.2) is 11.5 Å². The summed E-state index contributed by atoms with van der Waals surface area (Å²) in [5.41, 5.74) is 0.913. The summed E-state index contributed by atoms with van der Waals surface area (Å²) < 4.78 is 23.3. The maximum absolute atomic E-state index is 14.5. The second-order valence-electron chi connectivity index (χ2n) is 4.32. The molecule has 1 atom stereocenters. The van der Waals surface area contributed by atoms with Crippen LogP contribution in [0.1, 0.15) is 20.1 Å². The summed E-state index contributed by atoms with van der Waals surface area (Å²) in [5, 5.41) is 8.19. The smallest absolute Gasteiger partial charge is 0.212 e. The van der Waals surface area contributed by atoms with Gasteiger partial charge in [-0.1, -0.05) is 0 Å². The first-order valence-electron chi connectivity index (χ1n) is 6.32. The van der Waals surface area contributed by atoms with Gasteiger partial charge < -0.3 is 4.74 Å². The van der Waals surface area contributed by atoms with Crippen LogP contribution in [0.25, 0.3) is 16.9 Å². The van der Waals surface area contributed by atoms with Crippen molar-refractivity contribution in [3.8, 4) is 11.3 Å². The van der Waals surface area contributed by atoms with Crippen LogP contribution in [-0.4, -0.2) is 36.0 Å². The first kappa shape index (κ1) is 14.3. The fourth-order valence-corrected chi connectivity index (χ4v) is 2.44. The summed E-state index contributed by atoms with van der Waals surface area (Å²) in [4.78, 5) is 8.14. The summed E-state index contributed by atoms with van der Waals surface area (Å²) in [6.45, 7) is 4.35. The van der Waals surface area contributed by atoms with Crippen LogP contribution in [0.5, 0.6) is 0 Å². The molecule has 0 aliphatic rings. The highest BCUT2D eigenvalue weighted by Gasteiger charge is 2.17. The first-order chi connectivity index (χ1) is 10.1. The SMILES string of the molecule is CCOC(C)n1cc(-c2ncn3nc(I)nc3c2F)cn1. The van der Waals surface area contributed by atoms with Gasteiger partial charge >= 0.3 is 0 Å². The largest absolute Gasteiger partial charge is 0.357 e. The molecule has 0 spiro atoms. The average Bonchev–Trinajstić information content (AvgIpc) is 3.06. The molecule has 0 aliphatic heterocycles. The molecule has 21 heavy (non-hydrogen) atoms. The van der Waals surface area contributed by atoms with Crippen LogP contribution in [0.2, 0.25) is 0 Å². The van der Waals surface area contributed by atoms with Gasteiger partial charge in [0.05, 0.1) is 6.20 Å². The van der Waals surface area contributed by atoms with Crippen molar-refractivity contribution in [2.75, 3.05) is 6.61 Å². The molecular weight excluding hydrogens is 390 g/mol.